The van der Waals surface area contributed by atoms with Crippen molar-refractivity contribution >= 4 is 48.5 Å². The summed E-state index contributed by atoms with van der Waals surface area (Å²) in [5, 5.41) is 0. The molecule has 0 fully saturated rings. The molecule has 182 valence electrons. The zero-order valence-electron chi connectivity index (χ0n) is 18.6. The number of hydrogen-bond acceptors (Lipinski definition) is 8. The van der Waals surface area contributed by atoms with Crippen LogP contribution in [0.2, 0.25) is 0 Å². The highest BCUT2D eigenvalue weighted by Gasteiger charge is 2.24. The van der Waals surface area contributed by atoms with Crippen molar-refractivity contribution in [3.63, 3.8) is 0 Å². The first-order valence-corrected chi connectivity index (χ1v) is 13.5. The molecule has 5 N–H and O–H groups in total. The number of aromatic nitrogens is 3. The quantitative estimate of drug-likeness (QED) is 0.307. The molecule has 0 saturated heterocycles. The lowest BCUT2D eigenvalue weighted by Crippen LogP contribution is -2.16. The fourth-order valence-electron chi connectivity index (χ4n) is 3.75. The molecule has 0 bridgehead atoms. The SMILES string of the molecule is Nc1ncc(-c2ccc3nc(N)n(S(=O)(=O)c4ccccc4)c3c2)cc1S(=O)(=O)Nc1ccccc1. The summed E-state index contributed by atoms with van der Waals surface area (Å²) in [6.07, 6.45) is 1.41. The number of anilines is 3. The topological polar surface area (TPSA) is 163 Å². The molecule has 0 atom stereocenters. The Balaban J connectivity index is 1.61. The molecule has 0 radical (unpaired) electrons. The van der Waals surface area contributed by atoms with E-state index in [4.69, 9.17) is 11.5 Å². The minimum atomic E-state index is -4.05. The number of imidazole rings is 1. The highest BCUT2D eigenvalue weighted by molar-refractivity contribution is 7.93. The van der Waals surface area contributed by atoms with E-state index in [9.17, 15) is 16.8 Å². The lowest BCUT2D eigenvalue weighted by atomic mass is 10.1. The first-order valence-electron chi connectivity index (χ1n) is 10.6. The maximum Gasteiger partial charge on any atom is 0.271 e. The van der Waals surface area contributed by atoms with E-state index in [0.29, 0.717) is 22.3 Å². The smallest absolute Gasteiger partial charge is 0.271 e. The molecule has 3 aromatic carbocycles. The van der Waals surface area contributed by atoms with Crippen LogP contribution in [0.3, 0.4) is 0 Å². The van der Waals surface area contributed by atoms with Crippen LogP contribution in [0.4, 0.5) is 17.5 Å². The minimum absolute atomic E-state index is 0.0518. The van der Waals surface area contributed by atoms with Gasteiger partial charge in [-0.3, -0.25) is 4.72 Å². The lowest BCUT2D eigenvalue weighted by molar-refractivity contribution is 0.589. The Morgan fingerprint density at radius 2 is 1.44 bits per heavy atom. The fourth-order valence-corrected chi connectivity index (χ4v) is 6.32. The van der Waals surface area contributed by atoms with Crippen LogP contribution in [0, 0.1) is 0 Å². The van der Waals surface area contributed by atoms with Gasteiger partial charge in [-0.15, -0.1) is 0 Å². The van der Waals surface area contributed by atoms with E-state index in [1.807, 2.05) is 0 Å². The fraction of sp³-hybridized carbons (Fsp3) is 0. The van der Waals surface area contributed by atoms with Gasteiger partial charge in [0.2, 0.25) is 5.95 Å². The van der Waals surface area contributed by atoms with E-state index in [-0.39, 0.29) is 27.1 Å². The van der Waals surface area contributed by atoms with Gasteiger partial charge in [0, 0.05) is 17.4 Å². The normalized spacial score (nSPS) is 12.0. The minimum Gasteiger partial charge on any atom is -0.383 e. The maximum absolute atomic E-state index is 13.3. The number of pyridine rings is 1. The molecule has 0 aliphatic carbocycles. The number of nitrogens with one attached hydrogen (secondary N) is 1. The van der Waals surface area contributed by atoms with Crippen LogP contribution >= 0.6 is 0 Å². The number of para-hydroxylation sites is 1. The molecule has 12 heteroatoms. The third kappa shape index (κ3) is 4.12. The second-order valence-corrected chi connectivity index (χ2v) is 11.3. The molecule has 10 nitrogen and oxygen atoms in total. The van der Waals surface area contributed by atoms with Gasteiger partial charge in [-0.25, -0.2) is 30.8 Å². The van der Waals surface area contributed by atoms with Gasteiger partial charge in [0.05, 0.1) is 15.9 Å². The number of rotatable bonds is 6. The third-order valence-electron chi connectivity index (χ3n) is 5.45. The standard InChI is InChI=1S/C24H20N6O4S2/c25-23-22(35(31,32)29-18-7-3-1-4-8-18)14-17(15-27-23)16-11-12-20-21(13-16)30(24(26)28-20)36(33,34)19-9-5-2-6-10-19/h1-15,29H,(H2,25,27)(H2,26,28). The van der Waals surface area contributed by atoms with Crippen molar-refractivity contribution in [3.8, 4) is 11.1 Å². The van der Waals surface area contributed by atoms with E-state index < -0.39 is 20.0 Å². The van der Waals surface area contributed by atoms with Crippen LogP contribution in [-0.2, 0) is 20.0 Å². The highest BCUT2D eigenvalue weighted by atomic mass is 32.2. The monoisotopic (exact) mass is 520 g/mol. The molecule has 5 rings (SSSR count). The third-order valence-corrected chi connectivity index (χ3v) is 8.59. The van der Waals surface area contributed by atoms with Crippen LogP contribution in [-0.4, -0.2) is 30.8 Å². The van der Waals surface area contributed by atoms with Gasteiger partial charge in [0.1, 0.15) is 10.7 Å². The summed E-state index contributed by atoms with van der Waals surface area (Å²) in [6.45, 7) is 0. The van der Waals surface area contributed by atoms with Gasteiger partial charge in [0.15, 0.2) is 0 Å². The molecule has 2 heterocycles. The van der Waals surface area contributed by atoms with Crippen LogP contribution in [0.25, 0.3) is 22.2 Å². The number of sulfonamides is 1. The van der Waals surface area contributed by atoms with Crippen molar-refractivity contribution in [1.82, 2.24) is 13.9 Å². The van der Waals surface area contributed by atoms with Crippen LogP contribution < -0.4 is 16.2 Å². The molecule has 2 aromatic heterocycles. The number of nitrogens with two attached hydrogens (primary N) is 2. The zero-order chi connectivity index (χ0) is 25.5. The van der Waals surface area contributed by atoms with Gasteiger partial charge in [-0.05, 0) is 48.0 Å². The van der Waals surface area contributed by atoms with Crippen molar-refractivity contribution in [2.75, 3.05) is 16.2 Å². The van der Waals surface area contributed by atoms with Gasteiger partial charge in [-0.1, -0.05) is 42.5 Å². The molecule has 0 saturated carbocycles. The van der Waals surface area contributed by atoms with Gasteiger partial charge < -0.3 is 11.5 Å². The van der Waals surface area contributed by atoms with Crippen LogP contribution in [0.5, 0.6) is 0 Å². The number of nitrogen functional groups attached to an aromatic ring is 2. The van der Waals surface area contributed by atoms with E-state index in [2.05, 4.69) is 14.7 Å². The summed E-state index contributed by atoms with van der Waals surface area (Å²) in [4.78, 5) is 8.08. The molecule has 0 aliphatic rings. The molecule has 36 heavy (non-hydrogen) atoms. The summed E-state index contributed by atoms with van der Waals surface area (Å²) in [7, 11) is -8.09. The largest absolute Gasteiger partial charge is 0.383 e. The Bertz CT molecular complexity index is 1800. The molecule has 5 aromatic rings. The van der Waals surface area contributed by atoms with Crippen LogP contribution in [0.1, 0.15) is 0 Å². The second kappa shape index (κ2) is 8.66. The Morgan fingerprint density at radius 3 is 2.14 bits per heavy atom. The number of hydrogen-bond donors (Lipinski definition) is 3. The number of nitrogens with zero attached hydrogens (tertiary/aromatic N) is 3. The van der Waals surface area contributed by atoms with Crippen LogP contribution in [0.15, 0.2) is 101 Å². The van der Waals surface area contributed by atoms with E-state index in [1.54, 1.807) is 66.7 Å². The first-order chi connectivity index (χ1) is 17.2. The highest BCUT2D eigenvalue weighted by Crippen LogP contribution is 2.31. The summed E-state index contributed by atoms with van der Waals surface area (Å²) in [5.41, 5.74) is 13.8. The predicted octanol–water partition coefficient (Wildman–Crippen LogP) is 3.30. The maximum atomic E-state index is 13.3. The summed E-state index contributed by atoms with van der Waals surface area (Å²) >= 11 is 0. The molecule has 0 aliphatic heterocycles. The van der Waals surface area contributed by atoms with Crippen molar-refractivity contribution in [3.05, 3.63) is 91.1 Å². The van der Waals surface area contributed by atoms with Gasteiger partial charge in [0.25, 0.3) is 20.0 Å². The Morgan fingerprint density at radius 1 is 0.778 bits per heavy atom. The molecule has 0 unspecified atom stereocenters. The van der Waals surface area contributed by atoms with Crippen molar-refractivity contribution in [1.29, 1.82) is 0 Å². The molecule has 0 spiro atoms. The average Bonchev–Trinajstić information content (AvgIpc) is 3.20. The van der Waals surface area contributed by atoms with Gasteiger partial charge >= 0.3 is 0 Å². The summed E-state index contributed by atoms with van der Waals surface area (Å²) in [5.74, 6) is -0.374. The first kappa shape index (κ1) is 23.3. The molecular weight excluding hydrogens is 500 g/mol. The predicted molar refractivity (Wildman–Crippen MR) is 138 cm³/mol. The average molecular weight is 521 g/mol. The zero-order valence-corrected chi connectivity index (χ0v) is 20.2. The van der Waals surface area contributed by atoms with Crippen molar-refractivity contribution in [2.24, 2.45) is 0 Å². The summed E-state index contributed by atoms with van der Waals surface area (Å²) in [6, 6.07) is 22.4. The van der Waals surface area contributed by atoms with Gasteiger partial charge in [-0.2, -0.15) is 0 Å². The van der Waals surface area contributed by atoms with E-state index >= 15 is 0 Å². The Labute approximate surface area is 207 Å². The van der Waals surface area contributed by atoms with Crippen molar-refractivity contribution in [2.45, 2.75) is 9.79 Å². The summed E-state index contributed by atoms with van der Waals surface area (Å²) < 4.78 is 56.1. The number of benzene rings is 3. The Hall–Kier alpha value is -4.42. The molecular formula is C24H20N6O4S2. The van der Waals surface area contributed by atoms with E-state index in [1.165, 1.54) is 24.4 Å². The van der Waals surface area contributed by atoms with Crippen molar-refractivity contribution < 1.29 is 16.8 Å². The molecule has 0 amide bonds. The Kier molecular flexibility index (Phi) is 5.61. The number of fused-ring (bicyclic) bond motifs is 1. The van der Waals surface area contributed by atoms with E-state index in [0.717, 1.165) is 3.97 Å². The lowest BCUT2D eigenvalue weighted by Gasteiger charge is -2.12. The second-order valence-electron chi connectivity index (χ2n) is 7.83.